The van der Waals surface area contributed by atoms with Gasteiger partial charge in [-0.15, -0.1) is 0 Å². The summed E-state index contributed by atoms with van der Waals surface area (Å²) in [6.45, 7) is 0. The molecule has 5 aromatic rings. The van der Waals surface area contributed by atoms with E-state index in [1.165, 1.54) is 0 Å². The molecule has 0 aliphatic heterocycles. The van der Waals surface area contributed by atoms with Gasteiger partial charge in [-0.3, -0.25) is 0 Å². The van der Waals surface area contributed by atoms with Gasteiger partial charge in [0.2, 0.25) is 0 Å². The van der Waals surface area contributed by atoms with Crippen molar-refractivity contribution in [1.82, 2.24) is 29.9 Å². The third-order valence-electron chi connectivity index (χ3n) is 7.65. The molecule has 0 aliphatic rings. The molecule has 5 aromatic heterocycles. The Morgan fingerprint density at radius 3 is 0.760 bits per heavy atom. The van der Waals surface area contributed by atoms with Crippen molar-refractivity contribution in [1.29, 1.82) is 0 Å². The molecule has 0 bridgehead atoms. The molecule has 5 heterocycles. The fourth-order valence-corrected chi connectivity index (χ4v) is 4.81. The average Bonchev–Trinajstić information content (AvgIpc) is 3.12. The molecular formula is C40H44N10. The molecule has 0 N–H and O–H groups in total. The molecule has 0 atom stereocenters. The van der Waals surface area contributed by atoms with Crippen LogP contribution in [0.4, 0.5) is 23.3 Å². The van der Waals surface area contributed by atoms with Crippen LogP contribution in [-0.4, -0.2) is 86.3 Å². The summed E-state index contributed by atoms with van der Waals surface area (Å²) in [6, 6.07) is 16.1. The number of anilines is 4. The van der Waals surface area contributed by atoms with Gasteiger partial charge in [0, 0.05) is 81.2 Å². The lowest BCUT2D eigenvalue weighted by Gasteiger charge is -2.12. The van der Waals surface area contributed by atoms with E-state index in [2.05, 4.69) is 19.9 Å². The van der Waals surface area contributed by atoms with Crippen molar-refractivity contribution >= 4 is 71.9 Å². The Hall–Kier alpha value is -6.16. The molecule has 0 unspecified atom stereocenters. The molecule has 0 amide bonds. The second-order valence-electron chi connectivity index (χ2n) is 12.5. The van der Waals surface area contributed by atoms with Crippen molar-refractivity contribution in [2.75, 3.05) is 76.0 Å². The van der Waals surface area contributed by atoms with Crippen LogP contribution >= 0.6 is 0 Å². The Labute approximate surface area is 295 Å². The minimum absolute atomic E-state index is 0.727. The first kappa shape index (κ1) is 35.2. The minimum atomic E-state index is 0.727. The van der Waals surface area contributed by atoms with E-state index in [1.54, 1.807) is 0 Å². The first-order valence-electron chi connectivity index (χ1n) is 16.2. The maximum absolute atomic E-state index is 5.20. The predicted molar refractivity (Wildman–Crippen MR) is 212 cm³/mol. The van der Waals surface area contributed by atoms with Gasteiger partial charge in [-0.1, -0.05) is 24.3 Å². The van der Waals surface area contributed by atoms with Crippen LogP contribution in [0.3, 0.4) is 0 Å². The van der Waals surface area contributed by atoms with Crippen molar-refractivity contribution < 1.29 is 0 Å². The Balaban J connectivity index is 1.65. The lowest BCUT2D eigenvalue weighted by Crippen LogP contribution is -2.10. The summed E-state index contributed by atoms with van der Waals surface area (Å²) >= 11 is 0. The van der Waals surface area contributed by atoms with E-state index in [0.717, 1.165) is 68.3 Å². The molecule has 0 aromatic carbocycles. The first-order valence-corrected chi connectivity index (χ1v) is 16.2. The summed E-state index contributed by atoms with van der Waals surface area (Å²) in [4.78, 5) is 36.2. The highest BCUT2D eigenvalue weighted by molar-refractivity contribution is 5.82. The van der Waals surface area contributed by atoms with Crippen molar-refractivity contribution in [3.8, 4) is 0 Å². The van der Waals surface area contributed by atoms with E-state index in [1.807, 2.05) is 198 Å². The van der Waals surface area contributed by atoms with Crippen LogP contribution in [0.5, 0.6) is 0 Å². The van der Waals surface area contributed by atoms with Gasteiger partial charge < -0.3 is 19.6 Å². The van der Waals surface area contributed by atoms with Crippen molar-refractivity contribution in [3.05, 3.63) is 118 Å². The van der Waals surface area contributed by atoms with Gasteiger partial charge in [0.05, 0.1) is 22.8 Å². The lowest BCUT2D eigenvalue weighted by molar-refractivity contribution is 1.07. The predicted octanol–water partition coefficient (Wildman–Crippen LogP) is 7.00. The molecule has 0 aliphatic carbocycles. The molecule has 10 nitrogen and oxygen atoms in total. The maximum Gasteiger partial charge on any atom is 0.128 e. The molecule has 0 radical (unpaired) electrons. The number of pyridine rings is 4. The van der Waals surface area contributed by atoms with E-state index < -0.39 is 0 Å². The van der Waals surface area contributed by atoms with E-state index in [0.29, 0.717) is 0 Å². The topological polar surface area (TPSA) is 90.3 Å². The smallest absolute Gasteiger partial charge is 0.128 e. The summed E-state index contributed by atoms with van der Waals surface area (Å²) in [5.74, 6) is 3.50. The van der Waals surface area contributed by atoms with E-state index >= 15 is 0 Å². The molecule has 10 heteroatoms. The third kappa shape index (κ3) is 9.47. The molecule has 254 valence electrons. The van der Waals surface area contributed by atoms with E-state index in [9.17, 15) is 0 Å². The van der Waals surface area contributed by atoms with E-state index in [-0.39, 0.29) is 0 Å². The number of rotatable bonds is 12. The van der Waals surface area contributed by atoms with Gasteiger partial charge >= 0.3 is 0 Å². The van der Waals surface area contributed by atoms with Gasteiger partial charge in [-0.2, -0.15) is 0 Å². The summed E-state index contributed by atoms with van der Waals surface area (Å²) in [7, 11) is 15.8. The van der Waals surface area contributed by atoms with Gasteiger partial charge in [0.25, 0.3) is 0 Å². The van der Waals surface area contributed by atoms with Gasteiger partial charge in [0.15, 0.2) is 0 Å². The fraction of sp³-hybridized carbons (Fsp3) is 0.200. The third-order valence-corrected chi connectivity index (χ3v) is 7.65. The normalized spacial score (nSPS) is 11.7. The molecule has 50 heavy (non-hydrogen) atoms. The van der Waals surface area contributed by atoms with Crippen LogP contribution in [-0.2, 0) is 0 Å². The summed E-state index contributed by atoms with van der Waals surface area (Å²) in [5, 5.41) is 0. The number of aromatic nitrogens is 6. The molecule has 0 saturated heterocycles. The van der Waals surface area contributed by atoms with Gasteiger partial charge in [-0.05, 0) is 95.1 Å². The van der Waals surface area contributed by atoms with Gasteiger partial charge in [0.1, 0.15) is 23.3 Å². The highest BCUT2D eigenvalue weighted by Crippen LogP contribution is 2.22. The zero-order chi connectivity index (χ0) is 35.6. The Kier molecular flexibility index (Phi) is 11.5. The Morgan fingerprint density at radius 1 is 0.340 bits per heavy atom. The average molecular weight is 665 g/mol. The Morgan fingerprint density at radius 2 is 0.560 bits per heavy atom. The SMILES string of the molecule is CN(C)c1cc(/C=C/c2nc(/C=C/c3ccnc(N(C)C)c3)c(/C=C/c3ccnc(N(C)C)c3)nc2/C=C/c2ccnc(N(C)C)c2)ccn1. The fourth-order valence-electron chi connectivity index (χ4n) is 4.81. The second-order valence-corrected chi connectivity index (χ2v) is 12.5. The summed E-state index contributed by atoms with van der Waals surface area (Å²) in [6.07, 6.45) is 23.4. The van der Waals surface area contributed by atoms with Gasteiger partial charge in [-0.25, -0.2) is 29.9 Å². The van der Waals surface area contributed by atoms with Crippen LogP contribution in [0.2, 0.25) is 0 Å². The summed E-state index contributed by atoms with van der Waals surface area (Å²) < 4.78 is 0. The van der Waals surface area contributed by atoms with Crippen LogP contribution in [0, 0.1) is 0 Å². The standard InChI is InChI=1S/C40H44N10/c1-47(2)37-25-29(17-21-41-37)9-13-33-34(14-10-30-18-22-42-38(26-30)48(3)4)46-36(16-12-32-20-24-44-40(28-32)50(7)8)35(45-33)15-11-31-19-23-43-39(27-31)49(5)6/h9-28H,1-8H3/b13-9+,14-10+,15-11+,16-12+. The number of hydrogen-bond donors (Lipinski definition) is 0. The zero-order valence-electron chi connectivity index (χ0n) is 30.0. The molecular weight excluding hydrogens is 621 g/mol. The molecule has 5 rings (SSSR count). The lowest BCUT2D eigenvalue weighted by atomic mass is 10.1. The number of hydrogen-bond acceptors (Lipinski definition) is 10. The van der Waals surface area contributed by atoms with Crippen LogP contribution in [0.25, 0.3) is 48.6 Å². The van der Waals surface area contributed by atoms with Crippen LogP contribution in [0.1, 0.15) is 45.0 Å². The van der Waals surface area contributed by atoms with Crippen molar-refractivity contribution in [2.24, 2.45) is 0 Å². The highest BCUT2D eigenvalue weighted by atomic mass is 15.1. The van der Waals surface area contributed by atoms with Crippen LogP contribution in [0.15, 0.2) is 73.3 Å². The number of nitrogens with zero attached hydrogens (tertiary/aromatic N) is 10. The maximum atomic E-state index is 5.20. The highest BCUT2D eigenvalue weighted by Gasteiger charge is 2.10. The first-order chi connectivity index (χ1) is 24.0. The zero-order valence-corrected chi connectivity index (χ0v) is 30.0. The second kappa shape index (κ2) is 16.3. The van der Waals surface area contributed by atoms with E-state index in [4.69, 9.17) is 9.97 Å². The summed E-state index contributed by atoms with van der Waals surface area (Å²) in [5.41, 5.74) is 6.94. The molecule has 0 fully saturated rings. The monoisotopic (exact) mass is 664 g/mol. The Bertz CT molecular complexity index is 1750. The molecule has 0 saturated carbocycles. The molecule has 0 spiro atoms. The van der Waals surface area contributed by atoms with Crippen molar-refractivity contribution in [2.45, 2.75) is 0 Å². The van der Waals surface area contributed by atoms with Crippen LogP contribution < -0.4 is 19.6 Å². The quantitative estimate of drug-likeness (QED) is 0.139. The van der Waals surface area contributed by atoms with Crippen molar-refractivity contribution in [3.63, 3.8) is 0 Å². The minimum Gasteiger partial charge on any atom is -0.363 e. The largest absolute Gasteiger partial charge is 0.363 e.